The van der Waals surface area contributed by atoms with Crippen LogP contribution in [-0.4, -0.2) is 42.0 Å². The van der Waals surface area contributed by atoms with E-state index < -0.39 is 0 Å². The second-order valence-electron chi connectivity index (χ2n) is 5.74. The Labute approximate surface area is 168 Å². The zero-order valence-corrected chi connectivity index (χ0v) is 16.4. The van der Waals surface area contributed by atoms with Crippen LogP contribution in [0.25, 0.3) is 10.7 Å². The highest BCUT2D eigenvalue weighted by Crippen LogP contribution is 2.24. The number of aromatic nitrogens is 6. The Hall–Kier alpha value is -3.05. The lowest BCUT2D eigenvalue weighted by Crippen LogP contribution is -2.16. The van der Waals surface area contributed by atoms with Crippen molar-refractivity contribution in [3.63, 3.8) is 0 Å². The van der Waals surface area contributed by atoms with E-state index in [0.29, 0.717) is 29.0 Å². The Bertz CT molecular complexity index is 1070. The molecule has 0 saturated carbocycles. The molecule has 1 aromatic carbocycles. The van der Waals surface area contributed by atoms with Crippen LogP contribution in [0.2, 0.25) is 0 Å². The number of thioether (sulfide) groups is 1. The van der Waals surface area contributed by atoms with Crippen molar-refractivity contribution in [2.45, 2.75) is 11.6 Å². The quantitative estimate of drug-likeness (QED) is 0.460. The summed E-state index contributed by atoms with van der Waals surface area (Å²) in [5, 5.41) is 20.6. The van der Waals surface area contributed by atoms with Gasteiger partial charge in [0, 0.05) is 12.7 Å². The highest BCUT2D eigenvalue weighted by atomic mass is 32.2. The summed E-state index contributed by atoms with van der Waals surface area (Å²) in [5.41, 5.74) is 1.60. The zero-order chi connectivity index (χ0) is 19.3. The normalized spacial score (nSPS) is 10.9. The molecule has 0 atom stereocenters. The summed E-state index contributed by atoms with van der Waals surface area (Å²) in [6, 6.07) is 11.4. The van der Waals surface area contributed by atoms with Crippen LogP contribution in [0.4, 0.5) is 5.69 Å². The van der Waals surface area contributed by atoms with E-state index in [9.17, 15) is 4.79 Å². The van der Waals surface area contributed by atoms with E-state index >= 15 is 0 Å². The van der Waals surface area contributed by atoms with Crippen LogP contribution in [0.5, 0.6) is 0 Å². The van der Waals surface area contributed by atoms with Crippen LogP contribution in [0.1, 0.15) is 11.5 Å². The molecule has 3 aromatic heterocycles. The molecule has 0 aliphatic rings. The van der Waals surface area contributed by atoms with Gasteiger partial charge in [0.25, 0.3) is 0 Å². The largest absolute Gasteiger partial charge is 0.339 e. The average Bonchev–Trinajstić information content (AvgIpc) is 3.43. The molecule has 0 saturated heterocycles. The van der Waals surface area contributed by atoms with Crippen molar-refractivity contribution in [3.05, 3.63) is 53.2 Å². The van der Waals surface area contributed by atoms with Crippen LogP contribution < -0.4 is 5.32 Å². The fourth-order valence-electron chi connectivity index (χ4n) is 2.45. The number of thiophene rings is 1. The van der Waals surface area contributed by atoms with E-state index in [0.717, 1.165) is 10.4 Å². The van der Waals surface area contributed by atoms with E-state index in [-0.39, 0.29) is 11.7 Å². The number of para-hydroxylation sites is 1. The molecule has 4 rings (SSSR count). The van der Waals surface area contributed by atoms with Gasteiger partial charge in [0.05, 0.1) is 17.1 Å². The second-order valence-corrected chi connectivity index (χ2v) is 7.64. The molecule has 1 amide bonds. The van der Waals surface area contributed by atoms with Crippen LogP contribution in [0.3, 0.4) is 0 Å². The number of hydrogen-bond donors (Lipinski definition) is 1. The van der Waals surface area contributed by atoms with E-state index in [1.165, 1.54) is 16.4 Å². The number of anilines is 1. The van der Waals surface area contributed by atoms with Gasteiger partial charge in [0.15, 0.2) is 0 Å². The summed E-state index contributed by atoms with van der Waals surface area (Å²) in [6.07, 6.45) is 0.426. The SMILES string of the molecule is Cn1nnnc1SCC(=O)Nc1ccccc1Cc1nc(-c2cccs2)no1. The van der Waals surface area contributed by atoms with E-state index in [1.807, 2.05) is 41.8 Å². The maximum absolute atomic E-state index is 12.3. The Morgan fingerprint density at radius 3 is 2.96 bits per heavy atom. The highest BCUT2D eigenvalue weighted by molar-refractivity contribution is 7.99. The number of rotatable bonds is 7. The third kappa shape index (κ3) is 4.26. The maximum atomic E-state index is 12.3. The molecule has 9 nitrogen and oxygen atoms in total. The molecule has 28 heavy (non-hydrogen) atoms. The van der Waals surface area contributed by atoms with E-state index in [1.54, 1.807) is 18.4 Å². The van der Waals surface area contributed by atoms with Crippen molar-refractivity contribution in [1.82, 2.24) is 30.3 Å². The minimum Gasteiger partial charge on any atom is -0.339 e. The highest BCUT2D eigenvalue weighted by Gasteiger charge is 2.14. The lowest BCUT2D eigenvalue weighted by Gasteiger charge is -2.09. The molecule has 0 aliphatic carbocycles. The first-order valence-corrected chi connectivity index (χ1v) is 10.1. The Balaban J connectivity index is 1.42. The van der Waals surface area contributed by atoms with Gasteiger partial charge in [-0.15, -0.1) is 16.4 Å². The molecule has 3 heterocycles. The van der Waals surface area contributed by atoms with Gasteiger partial charge in [-0.2, -0.15) is 4.98 Å². The van der Waals surface area contributed by atoms with Crippen LogP contribution >= 0.6 is 23.1 Å². The molecule has 0 spiro atoms. The zero-order valence-electron chi connectivity index (χ0n) is 14.8. The van der Waals surface area contributed by atoms with Crippen LogP contribution in [-0.2, 0) is 18.3 Å². The molecule has 0 unspecified atom stereocenters. The van der Waals surface area contributed by atoms with Crippen LogP contribution in [0.15, 0.2) is 51.5 Å². The first kappa shape index (κ1) is 18.3. The second kappa shape index (κ2) is 8.31. The van der Waals surface area contributed by atoms with Gasteiger partial charge in [-0.05, 0) is 33.5 Å². The molecular formula is C17H15N7O2S2. The van der Waals surface area contributed by atoms with Gasteiger partial charge < -0.3 is 9.84 Å². The van der Waals surface area contributed by atoms with Gasteiger partial charge in [-0.3, -0.25) is 4.79 Å². The number of hydrogen-bond acceptors (Lipinski definition) is 9. The summed E-state index contributed by atoms with van der Waals surface area (Å²) in [7, 11) is 1.73. The van der Waals surface area contributed by atoms with Crippen molar-refractivity contribution < 1.29 is 9.32 Å². The summed E-state index contributed by atoms with van der Waals surface area (Å²) in [4.78, 5) is 17.7. The summed E-state index contributed by atoms with van der Waals surface area (Å²) in [6.45, 7) is 0. The lowest BCUT2D eigenvalue weighted by molar-refractivity contribution is -0.113. The molecule has 142 valence electrons. The Kier molecular flexibility index (Phi) is 5.44. The van der Waals surface area contributed by atoms with Crippen LogP contribution in [0, 0.1) is 0 Å². The fourth-order valence-corrected chi connectivity index (χ4v) is 3.75. The van der Waals surface area contributed by atoms with Crippen molar-refractivity contribution in [3.8, 4) is 10.7 Å². The predicted molar refractivity (Wildman–Crippen MR) is 105 cm³/mol. The molecule has 0 aliphatic heterocycles. The minimum absolute atomic E-state index is 0.148. The number of aryl methyl sites for hydroxylation is 1. The number of nitrogens with zero attached hydrogens (tertiary/aromatic N) is 6. The Morgan fingerprint density at radius 2 is 2.18 bits per heavy atom. The molecule has 0 fully saturated rings. The number of amides is 1. The predicted octanol–water partition coefficient (Wildman–Crippen LogP) is 2.64. The molecule has 1 N–H and O–H groups in total. The van der Waals surface area contributed by atoms with Crippen molar-refractivity contribution in [1.29, 1.82) is 0 Å². The number of nitrogens with one attached hydrogen (secondary N) is 1. The summed E-state index contributed by atoms with van der Waals surface area (Å²) >= 11 is 2.82. The van der Waals surface area contributed by atoms with Gasteiger partial charge in [-0.1, -0.05) is 41.2 Å². The maximum Gasteiger partial charge on any atom is 0.234 e. The summed E-state index contributed by atoms with van der Waals surface area (Å²) in [5.74, 6) is 1.11. The summed E-state index contributed by atoms with van der Waals surface area (Å²) < 4.78 is 6.89. The lowest BCUT2D eigenvalue weighted by atomic mass is 10.1. The van der Waals surface area contributed by atoms with E-state index in [2.05, 4.69) is 31.0 Å². The number of carbonyl (C=O) groups is 1. The van der Waals surface area contributed by atoms with Gasteiger partial charge in [0.1, 0.15) is 0 Å². The smallest absolute Gasteiger partial charge is 0.234 e. The van der Waals surface area contributed by atoms with Crippen molar-refractivity contribution >= 4 is 34.7 Å². The molecular weight excluding hydrogens is 398 g/mol. The topological polar surface area (TPSA) is 112 Å². The first-order chi connectivity index (χ1) is 13.7. The average molecular weight is 413 g/mol. The first-order valence-electron chi connectivity index (χ1n) is 8.28. The van der Waals surface area contributed by atoms with Crippen molar-refractivity contribution in [2.24, 2.45) is 7.05 Å². The fraction of sp³-hybridized carbons (Fsp3) is 0.176. The van der Waals surface area contributed by atoms with Crippen molar-refractivity contribution in [2.75, 3.05) is 11.1 Å². The number of tetrazole rings is 1. The van der Waals surface area contributed by atoms with Gasteiger partial charge in [-0.25, -0.2) is 4.68 Å². The molecule has 4 aromatic rings. The Morgan fingerprint density at radius 1 is 1.29 bits per heavy atom. The molecule has 0 radical (unpaired) electrons. The minimum atomic E-state index is -0.148. The number of carbonyl (C=O) groups excluding carboxylic acids is 1. The molecule has 11 heteroatoms. The number of benzene rings is 1. The third-order valence-corrected chi connectivity index (χ3v) is 5.63. The van der Waals surface area contributed by atoms with E-state index in [4.69, 9.17) is 4.52 Å². The molecule has 0 bridgehead atoms. The monoisotopic (exact) mass is 413 g/mol. The standard InChI is InChI=1S/C17H15N7O2S2/c1-24-17(20-22-23-24)28-10-14(25)18-12-6-3-2-5-11(12)9-15-19-16(21-26-15)13-7-4-8-27-13/h2-8H,9-10H2,1H3,(H,18,25). The van der Waals surface area contributed by atoms with Gasteiger partial charge >= 0.3 is 0 Å². The third-order valence-electron chi connectivity index (χ3n) is 3.76. The van der Waals surface area contributed by atoms with Gasteiger partial charge in [0.2, 0.25) is 22.8 Å².